The van der Waals surface area contributed by atoms with Crippen LogP contribution in [-0.2, 0) is 6.18 Å². The first-order chi connectivity index (χ1) is 16.8. The van der Waals surface area contributed by atoms with Crippen LogP contribution in [-0.4, -0.2) is 29.9 Å². The lowest BCUT2D eigenvalue weighted by Crippen LogP contribution is -2.51. The zero-order chi connectivity index (χ0) is 25.0. The molecule has 0 aromatic heterocycles. The second-order valence-corrected chi connectivity index (χ2v) is 10.5. The Morgan fingerprint density at radius 1 is 1.00 bits per heavy atom. The van der Waals surface area contributed by atoms with Gasteiger partial charge in [-0.1, -0.05) is 86.5 Å². The summed E-state index contributed by atoms with van der Waals surface area (Å²) >= 11 is 6.07. The fraction of sp³-hybridized carbons (Fsp3) is 0.536. The number of hydrogen-bond acceptors (Lipinski definition) is 2. The molecule has 2 aliphatic rings. The molecule has 0 spiro atoms. The molecule has 190 valence electrons. The van der Waals surface area contributed by atoms with Gasteiger partial charge in [0.15, 0.2) is 0 Å². The van der Waals surface area contributed by atoms with Crippen LogP contribution in [0.1, 0.15) is 85.3 Å². The highest BCUT2D eigenvalue weighted by atomic mass is 35.5. The molecule has 1 aliphatic heterocycles. The summed E-state index contributed by atoms with van der Waals surface area (Å²) < 4.78 is 40.1. The van der Waals surface area contributed by atoms with Crippen LogP contribution in [0, 0.1) is 5.92 Å². The van der Waals surface area contributed by atoms with Gasteiger partial charge in [-0.3, -0.25) is 9.69 Å². The van der Waals surface area contributed by atoms with E-state index < -0.39 is 22.7 Å². The van der Waals surface area contributed by atoms with Crippen molar-refractivity contribution in [3.63, 3.8) is 0 Å². The summed E-state index contributed by atoms with van der Waals surface area (Å²) in [6.45, 7) is 0. The molecule has 2 aromatic rings. The molecule has 3 unspecified atom stereocenters. The number of alkyl halides is 3. The van der Waals surface area contributed by atoms with Crippen molar-refractivity contribution in [2.75, 3.05) is 7.05 Å². The van der Waals surface area contributed by atoms with Crippen molar-refractivity contribution in [3.05, 3.63) is 70.2 Å². The quantitative estimate of drug-likeness (QED) is 0.436. The number of likely N-dealkylation sites (tertiary alicyclic amines) is 1. The minimum Gasteiger partial charge on any atom is -0.344 e. The highest BCUT2D eigenvalue weighted by Gasteiger charge is 2.38. The molecule has 2 aromatic carbocycles. The van der Waals surface area contributed by atoms with Gasteiger partial charge in [-0.05, 0) is 49.9 Å². The van der Waals surface area contributed by atoms with Gasteiger partial charge in [-0.2, -0.15) is 13.2 Å². The summed E-state index contributed by atoms with van der Waals surface area (Å²) in [5.41, 5.74) is -0.204. The SMILES string of the molecule is CN1C(CC2CCCCC2)CCCC1C(NC(=O)c1cccc(C(F)(F)F)c1Cl)c1ccccc1. The van der Waals surface area contributed by atoms with Gasteiger partial charge < -0.3 is 5.32 Å². The Hall–Kier alpha value is -2.05. The number of benzene rings is 2. The van der Waals surface area contributed by atoms with E-state index >= 15 is 0 Å². The number of hydrogen-bond donors (Lipinski definition) is 1. The van der Waals surface area contributed by atoms with Gasteiger partial charge in [0.2, 0.25) is 0 Å². The van der Waals surface area contributed by atoms with E-state index in [9.17, 15) is 18.0 Å². The zero-order valence-corrected chi connectivity index (χ0v) is 20.9. The Morgan fingerprint density at radius 3 is 2.40 bits per heavy atom. The van der Waals surface area contributed by atoms with Crippen molar-refractivity contribution >= 4 is 17.5 Å². The van der Waals surface area contributed by atoms with E-state index in [1.807, 2.05) is 30.3 Å². The molecule has 0 bridgehead atoms. The van der Waals surface area contributed by atoms with Gasteiger partial charge in [0.25, 0.3) is 5.91 Å². The van der Waals surface area contributed by atoms with E-state index in [0.29, 0.717) is 6.04 Å². The number of carbonyl (C=O) groups excluding carboxylic acids is 1. The van der Waals surface area contributed by atoms with Crippen molar-refractivity contribution in [2.45, 2.75) is 82.1 Å². The molecule has 0 radical (unpaired) electrons. The second-order valence-electron chi connectivity index (χ2n) is 10.1. The average molecular weight is 507 g/mol. The molecule has 1 amide bonds. The topological polar surface area (TPSA) is 32.3 Å². The van der Waals surface area contributed by atoms with Gasteiger partial charge in [-0.25, -0.2) is 0 Å². The van der Waals surface area contributed by atoms with Crippen molar-refractivity contribution in [1.29, 1.82) is 0 Å². The van der Waals surface area contributed by atoms with Crippen LogP contribution in [0.4, 0.5) is 13.2 Å². The van der Waals surface area contributed by atoms with Gasteiger partial charge >= 0.3 is 6.18 Å². The summed E-state index contributed by atoms with van der Waals surface area (Å²) in [6.07, 6.45) is 6.20. The maximum absolute atomic E-state index is 13.4. The molecule has 3 atom stereocenters. The first-order valence-electron chi connectivity index (χ1n) is 12.7. The van der Waals surface area contributed by atoms with Crippen LogP contribution >= 0.6 is 11.6 Å². The Morgan fingerprint density at radius 2 is 1.71 bits per heavy atom. The Bertz CT molecular complexity index is 991. The highest BCUT2D eigenvalue weighted by molar-refractivity contribution is 6.34. The fourth-order valence-electron chi connectivity index (χ4n) is 5.94. The minimum absolute atomic E-state index is 0.0493. The minimum atomic E-state index is -4.62. The van der Waals surface area contributed by atoms with Crippen molar-refractivity contribution < 1.29 is 18.0 Å². The molecule has 1 saturated carbocycles. The first-order valence-corrected chi connectivity index (χ1v) is 13.1. The monoisotopic (exact) mass is 506 g/mol. The lowest BCUT2D eigenvalue weighted by molar-refractivity contribution is -0.137. The van der Waals surface area contributed by atoms with Crippen LogP contribution in [0.5, 0.6) is 0 Å². The average Bonchev–Trinajstić information content (AvgIpc) is 2.84. The van der Waals surface area contributed by atoms with Crippen molar-refractivity contribution in [1.82, 2.24) is 10.2 Å². The van der Waals surface area contributed by atoms with Crippen LogP contribution in [0.2, 0.25) is 5.02 Å². The summed E-state index contributed by atoms with van der Waals surface area (Å²) in [7, 11) is 2.14. The molecule has 35 heavy (non-hydrogen) atoms. The summed E-state index contributed by atoms with van der Waals surface area (Å²) in [5, 5.41) is 2.50. The molecule has 2 fully saturated rings. The fourth-order valence-corrected chi connectivity index (χ4v) is 6.26. The maximum Gasteiger partial charge on any atom is 0.417 e. The number of nitrogens with one attached hydrogen (secondary N) is 1. The van der Waals surface area contributed by atoms with Crippen LogP contribution in [0.25, 0.3) is 0 Å². The second kappa shape index (κ2) is 11.3. The summed E-state index contributed by atoms with van der Waals surface area (Å²) in [5.74, 6) is 0.168. The number of rotatable bonds is 6. The smallest absolute Gasteiger partial charge is 0.344 e. The molecule has 3 nitrogen and oxygen atoms in total. The van der Waals surface area contributed by atoms with Gasteiger partial charge in [0, 0.05) is 12.1 Å². The van der Waals surface area contributed by atoms with Crippen LogP contribution in [0.15, 0.2) is 48.5 Å². The van der Waals surface area contributed by atoms with Crippen molar-refractivity contribution in [2.24, 2.45) is 5.92 Å². The Labute approximate surface area is 211 Å². The Balaban J connectivity index is 1.58. The number of likely N-dealkylation sites (N-methyl/N-ethyl adjacent to an activating group) is 1. The number of amides is 1. The maximum atomic E-state index is 13.4. The first kappa shape index (κ1) is 26.0. The number of halogens is 4. The molecular weight excluding hydrogens is 473 g/mol. The molecular formula is C28H34ClF3N2O. The van der Waals surface area contributed by atoms with Crippen LogP contribution in [0.3, 0.4) is 0 Å². The lowest BCUT2D eigenvalue weighted by atomic mass is 9.80. The third-order valence-electron chi connectivity index (χ3n) is 7.85. The zero-order valence-electron chi connectivity index (χ0n) is 20.2. The summed E-state index contributed by atoms with van der Waals surface area (Å²) in [4.78, 5) is 15.7. The van der Waals surface area contributed by atoms with E-state index in [0.717, 1.165) is 36.8 Å². The predicted molar refractivity (Wildman–Crippen MR) is 133 cm³/mol. The lowest BCUT2D eigenvalue weighted by Gasteiger charge is -2.45. The number of nitrogens with zero attached hydrogens (tertiary/aromatic N) is 1. The third-order valence-corrected chi connectivity index (χ3v) is 8.25. The van der Waals surface area contributed by atoms with E-state index in [1.165, 1.54) is 50.7 Å². The normalized spacial score (nSPS) is 23.1. The van der Waals surface area contributed by atoms with E-state index in [-0.39, 0.29) is 17.6 Å². The molecule has 1 aliphatic carbocycles. The number of carbonyl (C=O) groups is 1. The molecule has 1 saturated heterocycles. The van der Waals surface area contributed by atoms with E-state index in [1.54, 1.807) is 0 Å². The molecule has 7 heteroatoms. The highest BCUT2D eigenvalue weighted by Crippen LogP contribution is 2.38. The molecule has 4 rings (SSSR count). The standard InChI is InChI=1S/C28H34ClF3N2O/c1-34-21(18-19-10-4-2-5-11-19)14-8-17-24(34)26(20-12-6-3-7-13-20)33-27(35)22-15-9-16-23(25(22)29)28(30,31)32/h3,6-7,9,12-13,15-16,19,21,24,26H,2,4-5,8,10-11,14,17-18H2,1H3,(H,33,35). The van der Waals surface area contributed by atoms with Crippen molar-refractivity contribution in [3.8, 4) is 0 Å². The summed E-state index contributed by atoms with van der Waals surface area (Å²) in [6, 6.07) is 13.3. The molecule has 1 heterocycles. The van der Waals surface area contributed by atoms with Crippen LogP contribution < -0.4 is 5.32 Å². The Kier molecular flexibility index (Phi) is 8.43. The molecule has 1 N–H and O–H groups in total. The third kappa shape index (κ3) is 6.21. The number of piperidine rings is 1. The van der Waals surface area contributed by atoms with E-state index in [2.05, 4.69) is 17.3 Å². The van der Waals surface area contributed by atoms with Gasteiger partial charge in [0.1, 0.15) is 0 Å². The predicted octanol–water partition coefficient (Wildman–Crippen LogP) is 7.65. The van der Waals surface area contributed by atoms with E-state index in [4.69, 9.17) is 11.6 Å². The van der Waals surface area contributed by atoms with Gasteiger partial charge in [-0.15, -0.1) is 0 Å². The van der Waals surface area contributed by atoms with Gasteiger partial charge in [0.05, 0.1) is 22.2 Å². The largest absolute Gasteiger partial charge is 0.417 e.